The van der Waals surface area contributed by atoms with Crippen LogP contribution in [0.15, 0.2) is 24.4 Å². The van der Waals surface area contributed by atoms with Crippen LogP contribution >= 0.6 is 0 Å². The molecule has 0 aliphatic rings. The maximum Gasteiger partial charge on any atom is 0.336 e. The Morgan fingerprint density at radius 2 is 2.06 bits per heavy atom. The van der Waals surface area contributed by atoms with E-state index < -0.39 is 5.97 Å². The number of benzene rings is 1. The minimum absolute atomic E-state index is 0.0182. The molecule has 5 nitrogen and oxygen atoms in total. The molecule has 1 aromatic heterocycles. The average molecular weight is 232 g/mol. The molecule has 88 valence electrons. The fourth-order valence-corrected chi connectivity index (χ4v) is 1.63. The molecule has 0 spiro atoms. The predicted molar refractivity (Wildman–Crippen MR) is 64.7 cm³/mol. The molecule has 0 radical (unpaired) electrons. The molecule has 0 aliphatic heterocycles. The van der Waals surface area contributed by atoms with Crippen LogP contribution in [0.25, 0.3) is 10.9 Å². The van der Waals surface area contributed by atoms with Crippen molar-refractivity contribution in [3.05, 3.63) is 30.0 Å². The van der Waals surface area contributed by atoms with E-state index >= 15 is 0 Å². The van der Waals surface area contributed by atoms with E-state index in [0.29, 0.717) is 10.9 Å². The molecule has 0 saturated carbocycles. The first-order chi connectivity index (χ1) is 8.00. The second-order valence-corrected chi connectivity index (χ2v) is 3.92. The van der Waals surface area contributed by atoms with Gasteiger partial charge in [-0.25, -0.2) is 4.79 Å². The Kier molecular flexibility index (Phi) is 2.59. The number of rotatable bonds is 2. The highest BCUT2D eigenvalue weighted by Gasteiger charge is 2.13. The van der Waals surface area contributed by atoms with Gasteiger partial charge in [-0.15, -0.1) is 0 Å². The molecule has 1 aromatic carbocycles. The Hall–Kier alpha value is -2.30. The number of carbonyl (C=O) groups is 1. The zero-order chi connectivity index (χ0) is 12.6. The van der Waals surface area contributed by atoms with Crippen LogP contribution in [0.2, 0.25) is 0 Å². The molecule has 0 unspecified atom stereocenters. The van der Waals surface area contributed by atoms with Gasteiger partial charge in [-0.3, -0.25) is 4.98 Å². The van der Waals surface area contributed by atoms with Crippen LogP contribution in [0.3, 0.4) is 0 Å². The van der Waals surface area contributed by atoms with Crippen molar-refractivity contribution in [1.29, 1.82) is 0 Å². The van der Waals surface area contributed by atoms with Crippen LogP contribution < -0.4 is 4.90 Å². The highest BCUT2D eigenvalue weighted by atomic mass is 16.4. The maximum absolute atomic E-state index is 11.1. The Morgan fingerprint density at radius 3 is 2.65 bits per heavy atom. The number of phenolic OH excluding ortho intramolecular Hbond substituents is 1. The third-order valence-electron chi connectivity index (χ3n) is 2.56. The monoisotopic (exact) mass is 232 g/mol. The van der Waals surface area contributed by atoms with E-state index in [1.165, 1.54) is 12.1 Å². The lowest BCUT2D eigenvalue weighted by molar-refractivity contribution is 0.0699. The molecule has 0 amide bonds. The Balaban J connectivity index is 2.80. The molecule has 2 rings (SSSR count). The zero-order valence-electron chi connectivity index (χ0n) is 9.51. The number of aromatic carboxylic acids is 1. The van der Waals surface area contributed by atoms with E-state index in [1.807, 2.05) is 19.0 Å². The number of nitrogens with zero attached hydrogens (tertiary/aromatic N) is 2. The quantitative estimate of drug-likeness (QED) is 0.824. The van der Waals surface area contributed by atoms with E-state index in [9.17, 15) is 9.90 Å². The molecule has 0 fully saturated rings. The molecular formula is C12H12N2O3. The van der Waals surface area contributed by atoms with Crippen molar-refractivity contribution >= 4 is 22.6 Å². The van der Waals surface area contributed by atoms with E-state index in [0.717, 1.165) is 5.69 Å². The minimum Gasteiger partial charge on any atom is -0.506 e. The number of hydrogen-bond donors (Lipinski definition) is 2. The van der Waals surface area contributed by atoms with Crippen molar-refractivity contribution in [2.45, 2.75) is 0 Å². The van der Waals surface area contributed by atoms with Crippen molar-refractivity contribution in [1.82, 2.24) is 4.98 Å². The van der Waals surface area contributed by atoms with Gasteiger partial charge in [0.25, 0.3) is 0 Å². The van der Waals surface area contributed by atoms with Gasteiger partial charge in [0.1, 0.15) is 11.3 Å². The number of hydrogen-bond acceptors (Lipinski definition) is 4. The van der Waals surface area contributed by atoms with Gasteiger partial charge >= 0.3 is 5.97 Å². The molecule has 2 aromatic rings. The Labute approximate surface area is 97.9 Å². The van der Waals surface area contributed by atoms with Crippen molar-refractivity contribution in [2.75, 3.05) is 19.0 Å². The van der Waals surface area contributed by atoms with Crippen LogP contribution in [0.4, 0.5) is 5.69 Å². The number of fused-ring (bicyclic) bond motifs is 1. The summed E-state index contributed by atoms with van der Waals surface area (Å²) in [5, 5.41) is 19.2. The van der Waals surface area contributed by atoms with Gasteiger partial charge in [-0.1, -0.05) is 0 Å². The number of carboxylic acids is 1. The van der Waals surface area contributed by atoms with Gasteiger partial charge in [0.2, 0.25) is 0 Å². The number of carboxylic acid groups (broad SMARTS) is 1. The summed E-state index contributed by atoms with van der Waals surface area (Å²) in [6.45, 7) is 0. The lowest BCUT2D eigenvalue weighted by atomic mass is 10.1. The fraction of sp³-hybridized carbons (Fsp3) is 0.167. The van der Waals surface area contributed by atoms with Gasteiger partial charge < -0.3 is 15.1 Å². The standard InChI is InChI=1S/C12H12N2O3/c1-14(2)7-5-9-8(12(16)17)3-4-10(15)11(9)13-6-7/h3-6,15H,1-2H3,(H,16,17). The Morgan fingerprint density at radius 1 is 1.35 bits per heavy atom. The lowest BCUT2D eigenvalue weighted by Crippen LogP contribution is -2.09. The molecule has 1 heterocycles. The molecule has 17 heavy (non-hydrogen) atoms. The van der Waals surface area contributed by atoms with Crippen molar-refractivity contribution in [3.8, 4) is 5.75 Å². The molecule has 0 bridgehead atoms. The highest BCUT2D eigenvalue weighted by Crippen LogP contribution is 2.28. The van der Waals surface area contributed by atoms with Gasteiger partial charge in [0.05, 0.1) is 17.4 Å². The summed E-state index contributed by atoms with van der Waals surface area (Å²) in [6, 6.07) is 4.42. The van der Waals surface area contributed by atoms with Crippen LogP contribution in [0.5, 0.6) is 5.75 Å². The van der Waals surface area contributed by atoms with Crippen molar-refractivity contribution in [3.63, 3.8) is 0 Å². The summed E-state index contributed by atoms with van der Waals surface area (Å²) in [7, 11) is 3.68. The molecule has 0 saturated heterocycles. The zero-order valence-corrected chi connectivity index (χ0v) is 9.51. The van der Waals surface area contributed by atoms with Gasteiger partial charge in [0, 0.05) is 19.5 Å². The summed E-state index contributed by atoms with van der Waals surface area (Å²) >= 11 is 0. The Bertz CT molecular complexity index is 594. The van der Waals surface area contributed by atoms with E-state index in [-0.39, 0.29) is 11.3 Å². The topological polar surface area (TPSA) is 73.7 Å². The number of aromatic nitrogens is 1. The van der Waals surface area contributed by atoms with Crippen LogP contribution in [0, 0.1) is 0 Å². The minimum atomic E-state index is -1.03. The maximum atomic E-state index is 11.1. The smallest absolute Gasteiger partial charge is 0.336 e. The molecule has 0 aliphatic carbocycles. The second-order valence-electron chi connectivity index (χ2n) is 3.92. The van der Waals surface area contributed by atoms with Gasteiger partial charge in [-0.2, -0.15) is 0 Å². The largest absolute Gasteiger partial charge is 0.506 e. The number of aromatic hydroxyl groups is 1. The normalized spacial score (nSPS) is 10.5. The first-order valence-corrected chi connectivity index (χ1v) is 5.03. The van der Waals surface area contributed by atoms with Gasteiger partial charge in [0.15, 0.2) is 0 Å². The fourth-order valence-electron chi connectivity index (χ4n) is 1.63. The van der Waals surface area contributed by atoms with Gasteiger partial charge in [-0.05, 0) is 18.2 Å². The van der Waals surface area contributed by atoms with Crippen LogP contribution in [-0.2, 0) is 0 Å². The highest BCUT2D eigenvalue weighted by molar-refractivity contribution is 6.05. The molecule has 2 N–H and O–H groups in total. The van der Waals surface area contributed by atoms with E-state index in [4.69, 9.17) is 5.11 Å². The SMILES string of the molecule is CN(C)c1cnc2c(O)ccc(C(=O)O)c2c1. The van der Waals surface area contributed by atoms with Crippen molar-refractivity contribution in [2.24, 2.45) is 0 Å². The summed E-state index contributed by atoms with van der Waals surface area (Å²) in [5.41, 5.74) is 1.22. The molecule has 0 atom stereocenters. The molecular weight excluding hydrogens is 220 g/mol. The predicted octanol–water partition coefficient (Wildman–Crippen LogP) is 1.70. The summed E-state index contributed by atoms with van der Waals surface area (Å²) in [4.78, 5) is 17.0. The summed E-state index contributed by atoms with van der Waals surface area (Å²) in [6.07, 6.45) is 1.59. The van der Waals surface area contributed by atoms with Crippen LogP contribution in [0.1, 0.15) is 10.4 Å². The average Bonchev–Trinajstić information content (AvgIpc) is 2.28. The number of pyridine rings is 1. The van der Waals surface area contributed by atoms with E-state index in [1.54, 1.807) is 12.3 Å². The number of anilines is 1. The first-order valence-electron chi connectivity index (χ1n) is 5.03. The lowest BCUT2D eigenvalue weighted by Gasteiger charge is -2.13. The molecule has 5 heteroatoms. The third-order valence-corrected chi connectivity index (χ3v) is 2.56. The van der Waals surface area contributed by atoms with E-state index in [2.05, 4.69) is 4.98 Å². The summed E-state index contributed by atoms with van der Waals surface area (Å²) < 4.78 is 0. The third kappa shape index (κ3) is 1.87. The summed E-state index contributed by atoms with van der Waals surface area (Å²) in [5.74, 6) is -1.05. The van der Waals surface area contributed by atoms with Crippen molar-refractivity contribution < 1.29 is 15.0 Å². The van der Waals surface area contributed by atoms with Crippen LogP contribution in [-0.4, -0.2) is 35.3 Å². The second kappa shape index (κ2) is 3.93. The first kappa shape index (κ1) is 11.2. The number of phenols is 1.